The molecular formula is C23H22O2S2. The van der Waals surface area contributed by atoms with Gasteiger partial charge in [-0.25, -0.2) is 0 Å². The second kappa shape index (κ2) is 9.25. The summed E-state index contributed by atoms with van der Waals surface area (Å²) in [7, 11) is 0. The maximum atomic E-state index is 6.22. The number of thioether (sulfide) groups is 2. The van der Waals surface area contributed by atoms with E-state index in [-0.39, 0.29) is 0 Å². The summed E-state index contributed by atoms with van der Waals surface area (Å²) in [4.78, 5) is 0. The van der Waals surface area contributed by atoms with E-state index >= 15 is 0 Å². The smallest absolute Gasteiger partial charge is 0.128 e. The molecule has 3 aromatic carbocycles. The van der Waals surface area contributed by atoms with E-state index < -0.39 is 0 Å². The van der Waals surface area contributed by atoms with Crippen molar-refractivity contribution in [2.75, 3.05) is 11.5 Å². The first kappa shape index (κ1) is 18.3. The molecule has 0 radical (unpaired) electrons. The average Bonchev–Trinajstić information content (AvgIpc) is 3.27. The molecule has 0 amide bonds. The SMILES string of the molecule is c1ccc(COc2ccc(C3SCCS3)c(OCc3ccccc3)c2)cc1. The van der Waals surface area contributed by atoms with E-state index in [0.29, 0.717) is 17.8 Å². The minimum atomic E-state index is 0.443. The van der Waals surface area contributed by atoms with Gasteiger partial charge in [-0.3, -0.25) is 0 Å². The van der Waals surface area contributed by atoms with Crippen LogP contribution in [0.1, 0.15) is 21.3 Å². The summed E-state index contributed by atoms with van der Waals surface area (Å²) in [5.74, 6) is 4.16. The van der Waals surface area contributed by atoms with Crippen LogP contribution in [0, 0.1) is 0 Å². The summed E-state index contributed by atoms with van der Waals surface area (Å²) in [6, 6.07) is 26.8. The monoisotopic (exact) mass is 394 g/mol. The molecule has 1 saturated heterocycles. The fraction of sp³-hybridized carbons (Fsp3) is 0.217. The third kappa shape index (κ3) is 5.02. The van der Waals surface area contributed by atoms with E-state index in [1.54, 1.807) is 0 Å². The van der Waals surface area contributed by atoms with Gasteiger partial charge in [-0.2, -0.15) is 0 Å². The maximum absolute atomic E-state index is 6.22. The van der Waals surface area contributed by atoms with Gasteiger partial charge in [0, 0.05) is 23.1 Å². The van der Waals surface area contributed by atoms with Gasteiger partial charge in [0.2, 0.25) is 0 Å². The molecule has 1 aliphatic rings. The van der Waals surface area contributed by atoms with Crippen LogP contribution in [0.3, 0.4) is 0 Å². The topological polar surface area (TPSA) is 18.5 Å². The predicted molar refractivity (Wildman–Crippen MR) is 116 cm³/mol. The molecule has 0 aromatic heterocycles. The number of benzene rings is 3. The summed E-state index contributed by atoms with van der Waals surface area (Å²) in [6.07, 6.45) is 0. The highest BCUT2D eigenvalue weighted by atomic mass is 32.2. The Morgan fingerprint density at radius 2 is 1.30 bits per heavy atom. The van der Waals surface area contributed by atoms with Crippen molar-refractivity contribution >= 4 is 23.5 Å². The fourth-order valence-electron chi connectivity index (χ4n) is 2.94. The van der Waals surface area contributed by atoms with Gasteiger partial charge in [0.1, 0.15) is 24.7 Å². The largest absolute Gasteiger partial charge is 0.489 e. The Morgan fingerprint density at radius 3 is 1.93 bits per heavy atom. The Kier molecular flexibility index (Phi) is 6.28. The quantitative estimate of drug-likeness (QED) is 0.466. The van der Waals surface area contributed by atoms with Crippen LogP contribution < -0.4 is 9.47 Å². The Labute approximate surface area is 169 Å². The summed E-state index contributed by atoms with van der Waals surface area (Å²) in [5, 5.41) is 0. The third-order valence-electron chi connectivity index (χ3n) is 4.35. The van der Waals surface area contributed by atoms with Crippen molar-refractivity contribution in [3.63, 3.8) is 0 Å². The van der Waals surface area contributed by atoms with Gasteiger partial charge in [-0.15, -0.1) is 23.5 Å². The molecule has 0 bridgehead atoms. The molecule has 1 fully saturated rings. The van der Waals surface area contributed by atoms with Crippen LogP contribution in [-0.2, 0) is 13.2 Å². The highest BCUT2D eigenvalue weighted by Gasteiger charge is 2.22. The highest BCUT2D eigenvalue weighted by molar-refractivity contribution is 8.19. The summed E-state index contributed by atoms with van der Waals surface area (Å²) in [5.41, 5.74) is 3.59. The first-order valence-electron chi connectivity index (χ1n) is 9.09. The number of hydrogen-bond donors (Lipinski definition) is 0. The van der Waals surface area contributed by atoms with E-state index in [1.165, 1.54) is 22.6 Å². The molecule has 0 unspecified atom stereocenters. The Morgan fingerprint density at radius 1 is 0.704 bits per heavy atom. The van der Waals surface area contributed by atoms with Crippen molar-refractivity contribution < 1.29 is 9.47 Å². The van der Waals surface area contributed by atoms with Crippen LogP contribution in [-0.4, -0.2) is 11.5 Å². The van der Waals surface area contributed by atoms with Gasteiger partial charge in [-0.05, 0) is 23.3 Å². The number of hydrogen-bond acceptors (Lipinski definition) is 4. The minimum Gasteiger partial charge on any atom is -0.489 e. The molecular weight excluding hydrogens is 372 g/mol. The van der Waals surface area contributed by atoms with Crippen molar-refractivity contribution in [3.05, 3.63) is 95.6 Å². The van der Waals surface area contributed by atoms with E-state index in [0.717, 1.165) is 17.1 Å². The normalized spacial score (nSPS) is 14.2. The summed E-state index contributed by atoms with van der Waals surface area (Å²) < 4.78 is 12.7. The zero-order valence-electron chi connectivity index (χ0n) is 15.0. The first-order valence-corrected chi connectivity index (χ1v) is 11.2. The van der Waals surface area contributed by atoms with E-state index in [9.17, 15) is 0 Å². The Balaban J connectivity index is 1.51. The molecule has 4 heteroatoms. The lowest BCUT2D eigenvalue weighted by Crippen LogP contribution is -2.01. The molecule has 0 atom stereocenters. The molecule has 0 N–H and O–H groups in total. The van der Waals surface area contributed by atoms with Gasteiger partial charge in [0.15, 0.2) is 0 Å². The van der Waals surface area contributed by atoms with Gasteiger partial charge in [0.05, 0.1) is 4.58 Å². The second-order valence-corrected chi connectivity index (χ2v) is 9.05. The highest BCUT2D eigenvalue weighted by Crippen LogP contribution is 2.49. The molecule has 27 heavy (non-hydrogen) atoms. The molecule has 138 valence electrons. The van der Waals surface area contributed by atoms with E-state index in [1.807, 2.05) is 66.0 Å². The van der Waals surface area contributed by atoms with Gasteiger partial charge in [-0.1, -0.05) is 60.7 Å². The van der Waals surface area contributed by atoms with Crippen molar-refractivity contribution in [1.82, 2.24) is 0 Å². The lowest BCUT2D eigenvalue weighted by atomic mass is 10.2. The first-order chi connectivity index (χ1) is 13.4. The van der Waals surface area contributed by atoms with E-state index in [4.69, 9.17) is 9.47 Å². The molecule has 3 aromatic rings. The standard InChI is InChI=1S/C23H22O2S2/c1-3-7-18(8-4-1)16-24-20-11-12-21(23-26-13-14-27-23)22(15-20)25-17-19-9-5-2-6-10-19/h1-12,15,23H,13-14,16-17H2. The number of rotatable bonds is 7. The minimum absolute atomic E-state index is 0.443. The molecule has 1 heterocycles. The van der Waals surface area contributed by atoms with Gasteiger partial charge in [0.25, 0.3) is 0 Å². The van der Waals surface area contributed by atoms with Gasteiger partial charge >= 0.3 is 0 Å². The molecule has 0 saturated carbocycles. The second-order valence-electron chi connectivity index (χ2n) is 6.32. The average molecular weight is 395 g/mol. The van der Waals surface area contributed by atoms with Gasteiger partial charge < -0.3 is 9.47 Å². The van der Waals surface area contributed by atoms with Crippen LogP contribution >= 0.6 is 23.5 Å². The summed E-state index contributed by atoms with van der Waals surface area (Å²) >= 11 is 3.98. The van der Waals surface area contributed by atoms with Crippen molar-refractivity contribution in [2.45, 2.75) is 17.8 Å². The van der Waals surface area contributed by atoms with Crippen LogP contribution in [0.2, 0.25) is 0 Å². The zero-order valence-corrected chi connectivity index (χ0v) is 16.7. The zero-order chi connectivity index (χ0) is 18.3. The lowest BCUT2D eigenvalue weighted by Gasteiger charge is -2.17. The molecule has 0 aliphatic carbocycles. The lowest BCUT2D eigenvalue weighted by molar-refractivity contribution is 0.288. The molecule has 0 spiro atoms. The maximum Gasteiger partial charge on any atom is 0.128 e. The number of ether oxygens (including phenoxy) is 2. The summed E-state index contributed by atoms with van der Waals surface area (Å²) in [6.45, 7) is 1.13. The molecule has 2 nitrogen and oxygen atoms in total. The fourth-order valence-corrected chi connectivity index (χ4v) is 5.85. The molecule has 4 rings (SSSR count). The van der Waals surface area contributed by atoms with Crippen molar-refractivity contribution in [3.8, 4) is 11.5 Å². The van der Waals surface area contributed by atoms with E-state index in [2.05, 4.69) is 36.4 Å². The predicted octanol–water partition coefficient (Wildman–Crippen LogP) is 6.32. The van der Waals surface area contributed by atoms with Crippen molar-refractivity contribution in [2.24, 2.45) is 0 Å². The van der Waals surface area contributed by atoms with Crippen LogP contribution in [0.15, 0.2) is 78.9 Å². The Bertz CT molecular complexity index is 847. The van der Waals surface area contributed by atoms with Crippen LogP contribution in [0.4, 0.5) is 0 Å². The van der Waals surface area contributed by atoms with Crippen LogP contribution in [0.25, 0.3) is 0 Å². The van der Waals surface area contributed by atoms with Crippen molar-refractivity contribution in [1.29, 1.82) is 0 Å². The third-order valence-corrected chi connectivity index (χ3v) is 7.41. The van der Waals surface area contributed by atoms with Crippen LogP contribution in [0.5, 0.6) is 11.5 Å². The molecule has 1 aliphatic heterocycles. The Hall–Kier alpha value is -2.04.